The summed E-state index contributed by atoms with van der Waals surface area (Å²) in [6.07, 6.45) is 1.79. The van der Waals surface area contributed by atoms with Crippen LogP contribution >= 0.6 is 23.1 Å². The zero-order chi connectivity index (χ0) is 16.6. The topological polar surface area (TPSA) is 85.8 Å². The first-order chi connectivity index (χ1) is 10.9. The van der Waals surface area contributed by atoms with Gasteiger partial charge in [0.2, 0.25) is 0 Å². The minimum absolute atomic E-state index is 0.180. The van der Waals surface area contributed by atoms with E-state index < -0.39 is 22.3 Å². The molecule has 0 unspecified atom stereocenters. The number of rotatable bonds is 5. The van der Waals surface area contributed by atoms with Gasteiger partial charge in [0.1, 0.15) is 12.7 Å². The number of thioether (sulfide) groups is 1. The number of carbonyl (C=O) groups excluding carboxylic acids is 1. The molecular weight excluding hydrogens is 360 g/mol. The lowest BCUT2D eigenvalue weighted by Crippen LogP contribution is -2.26. The zero-order valence-corrected chi connectivity index (χ0v) is 14.8. The maximum atomic E-state index is 12.0. The van der Waals surface area contributed by atoms with E-state index in [1.54, 1.807) is 29.2 Å². The minimum atomic E-state index is -3.56. The van der Waals surface area contributed by atoms with Crippen molar-refractivity contribution in [1.82, 2.24) is 4.98 Å². The molecule has 1 fully saturated rings. The molecule has 1 amide bonds. The molecule has 0 N–H and O–H groups in total. The zero-order valence-electron chi connectivity index (χ0n) is 12.4. The van der Waals surface area contributed by atoms with E-state index in [0.29, 0.717) is 5.69 Å². The van der Waals surface area contributed by atoms with Gasteiger partial charge in [-0.1, -0.05) is 11.8 Å². The Kier molecular flexibility index (Phi) is 4.50. The van der Waals surface area contributed by atoms with Crippen LogP contribution in [0.5, 0.6) is 0 Å². The SMILES string of the molecule is CSc1nc2ccc(N3C[C@H](COS(C)(=O)=O)OC3=O)cc2s1. The Morgan fingerprint density at radius 2 is 2.30 bits per heavy atom. The molecule has 0 radical (unpaired) electrons. The van der Waals surface area contributed by atoms with Gasteiger partial charge in [0, 0.05) is 5.69 Å². The van der Waals surface area contributed by atoms with Crippen molar-refractivity contribution in [2.75, 3.05) is 30.6 Å². The van der Waals surface area contributed by atoms with E-state index >= 15 is 0 Å². The standard InChI is InChI=1S/C13H14N2O5S3/c1-21-12-14-10-4-3-8(5-11(10)22-12)15-6-9(20-13(15)16)7-19-23(2,17)18/h3-5,9H,6-7H2,1-2H3/t9-/m1/s1. The first-order valence-corrected chi connectivity index (χ1v) is 10.5. The molecule has 1 aliphatic rings. The first kappa shape index (κ1) is 16.5. The van der Waals surface area contributed by atoms with Gasteiger partial charge in [0.25, 0.3) is 10.1 Å². The van der Waals surface area contributed by atoms with Gasteiger partial charge in [-0.15, -0.1) is 11.3 Å². The summed E-state index contributed by atoms with van der Waals surface area (Å²) in [6.45, 7) is 0.0640. The highest BCUT2D eigenvalue weighted by molar-refractivity contribution is 8.00. The number of cyclic esters (lactones) is 1. The summed E-state index contributed by atoms with van der Waals surface area (Å²) in [6, 6.07) is 5.54. The van der Waals surface area contributed by atoms with Gasteiger partial charge >= 0.3 is 6.09 Å². The normalized spacial score (nSPS) is 18.6. The van der Waals surface area contributed by atoms with Crippen molar-refractivity contribution in [2.45, 2.75) is 10.4 Å². The van der Waals surface area contributed by atoms with Crippen molar-refractivity contribution in [3.05, 3.63) is 18.2 Å². The number of benzene rings is 1. The van der Waals surface area contributed by atoms with Gasteiger partial charge in [-0.3, -0.25) is 9.08 Å². The van der Waals surface area contributed by atoms with E-state index in [9.17, 15) is 13.2 Å². The first-order valence-electron chi connectivity index (χ1n) is 6.63. The van der Waals surface area contributed by atoms with Gasteiger partial charge < -0.3 is 4.74 Å². The third-order valence-electron chi connectivity index (χ3n) is 3.18. The van der Waals surface area contributed by atoms with Crippen LogP contribution in [0.3, 0.4) is 0 Å². The fraction of sp³-hybridized carbons (Fsp3) is 0.385. The average molecular weight is 374 g/mol. The molecule has 124 valence electrons. The summed E-state index contributed by atoms with van der Waals surface area (Å²) in [4.78, 5) is 17.9. The molecule has 7 nitrogen and oxygen atoms in total. The van der Waals surface area contributed by atoms with Crippen molar-refractivity contribution in [3.8, 4) is 0 Å². The Morgan fingerprint density at radius 1 is 1.52 bits per heavy atom. The Balaban J connectivity index is 1.77. The third-order valence-corrected chi connectivity index (χ3v) is 5.75. The van der Waals surface area contributed by atoms with Gasteiger partial charge in [-0.25, -0.2) is 9.78 Å². The van der Waals surface area contributed by atoms with Crippen LogP contribution in [0.4, 0.5) is 10.5 Å². The number of anilines is 1. The molecule has 1 aliphatic heterocycles. The molecule has 2 aromatic rings. The highest BCUT2D eigenvalue weighted by Crippen LogP contribution is 2.32. The van der Waals surface area contributed by atoms with Crippen LogP contribution in [0, 0.1) is 0 Å². The summed E-state index contributed by atoms with van der Waals surface area (Å²) in [7, 11) is -3.56. The molecule has 1 aromatic heterocycles. The summed E-state index contributed by atoms with van der Waals surface area (Å²) >= 11 is 3.13. The number of hydrogen-bond acceptors (Lipinski definition) is 8. The number of hydrogen-bond donors (Lipinski definition) is 0. The van der Waals surface area contributed by atoms with Crippen LogP contribution in [0.25, 0.3) is 10.2 Å². The Morgan fingerprint density at radius 3 is 3.00 bits per heavy atom. The minimum Gasteiger partial charge on any atom is -0.441 e. The van der Waals surface area contributed by atoms with E-state index in [-0.39, 0.29) is 13.2 Å². The van der Waals surface area contributed by atoms with Crippen LogP contribution < -0.4 is 4.90 Å². The summed E-state index contributed by atoms with van der Waals surface area (Å²) in [5.74, 6) is 0. The fourth-order valence-electron chi connectivity index (χ4n) is 2.17. The largest absolute Gasteiger partial charge is 0.441 e. The Labute approximate surface area is 141 Å². The molecular formula is C13H14N2O5S3. The monoisotopic (exact) mass is 374 g/mol. The number of fused-ring (bicyclic) bond motifs is 1. The quantitative estimate of drug-likeness (QED) is 0.586. The molecule has 1 saturated heterocycles. The van der Waals surface area contributed by atoms with E-state index in [0.717, 1.165) is 20.8 Å². The Hall–Kier alpha value is -1.36. The number of thiazole rings is 1. The molecule has 0 saturated carbocycles. The maximum absolute atomic E-state index is 12.0. The number of amides is 1. The number of aromatic nitrogens is 1. The van der Waals surface area contributed by atoms with E-state index in [1.807, 2.05) is 18.4 Å². The second kappa shape index (κ2) is 6.27. The van der Waals surface area contributed by atoms with Crippen molar-refractivity contribution in [1.29, 1.82) is 0 Å². The summed E-state index contributed by atoms with van der Waals surface area (Å²) in [5.41, 5.74) is 1.58. The highest BCUT2D eigenvalue weighted by Gasteiger charge is 2.33. The molecule has 0 bridgehead atoms. The van der Waals surface area contributed by atoms with E-state index in [2.05, 4.69) is 4.98 Å². The molecule has 0 aliphatic carbocycles. The maximum Gasteiger partial charge on any atom is 0.414 e. The molecule has 3 rings (SSSR count). The van der Waals surface area contributed by atoms with Gasteiger partial charge in [0.05, 0.1) is 23.0 Å². The van der Waals surface area contributed by atoms with E-state index in [1.165, 1.54) is 4.90 Å². The van der Waals surface area contributed by atoms with Crippen molar-refractivity contribution < 1.29 is 22.1 Å². The predicted molar refractivity (Wildman–Crippen MR) is 89.8 cm³/mol. The van der Waals surface area contributed by atoms with Crippen molar-refractivity contribution >= 4 is 55.2 Å². The average Bonchev–Trinajstić information content (AvgIpc) is 3.06. The van der Waals surface area contributed by atoms with Crippen molar-refractivity contribution in [3.63, 3.8) is 0 Å². The molecule has 0 spiro atoms. The highest BCUT2D eigenvalue weighted by atomic mass is 32.2. The van der Waals surface area contributed by atoms with Crippen LogP contribution in [-0.2, 0) is 19.0 Å². The van der Waals surface area contributed by atoms with Gasteiger partial charge in [0.15, 0.2) is 4.34 Å². The second-order valence-corrected chi connectivity index (χ2v) is 8.67. The smallest absolute Gasteiger partial charge is 0.414 e. The Bertz CT molecular complexity index is 848. The lowest BCUT2D eigenvalue weighted by atomic mass is 10.2. The molecule has 1 aromatic carbocycles. The summed E-state index contributed by atoms with van der Waals surface area (Å²) < 4.78 is 33.8. The predicted octanol–water partition coefficient (Wildman–Crippen LogP) is 2.32. The van der Waals surface area contributed by atoms with Crippen LogP contribution in [0.15, 0.2) is 22.5 Å². The molecule has 2 heterocycles. The van der Waals surface area contributed by atoms with Gasteiger partial charge in [-0.05, 0) is 24.5 Å². The number of carbonyl (C=O) groups is 1. The summed E-state index contributed by atoms with van der Waals surface area (Å²) in [5, 5.41) is 0. The number of nitrogens with zero attached hydrogens (tertiary/aromatic N) is 2. The van der Waals surface area contributed by atoms with Crippen LogP contribution in [0.2, 0.25) is 0 Å². The number of ether oxygens (including phenoxy) is 1. The fourth-order valence-corrected chi connectivity index (χ4v) is 4.09. The lowest BCUT2D eigenvalue weighted by Gasteiger charge is -2.12. The molecule has 1 atom stereocenters. The lowest BCUT2D eigenvalue weighted by molar-refractivity contribution is 0.107. The van der Waals surface area contributed by atoms with Crippen LogP contribution in [-0.4, -0.2) is 51.3 Å². The van der Waals surface area contributed by atoms with Crippen LogP contribution in [0.1, 0.15) is 0 Å². The molecule has 10 heteroatoms. The van der Waals surface area contributed by atoms with Gasteiger partial charge in [-0.2, -0.15) is 8.42 Å². The van der Waals surface area contributed by atoms with Crippen molar-refractivity contribution in [2.24, 2.45) is 0 Å². The van der Waals surface area contributed by atoms with E-state index in [4.69, 9.17) is 8.92 Å². The third kappa shape index (κ3) is 3.77. The second-order valence-electron chi connectivity index (χ2n) is 4.94. The molecule has 23 heavy (non-hydrogen) atoms.